The average Bonchev–Trinajstić information content (AvgIpc) is 3.49. The number of H-pyrrole nitrogens is 1. The Morgan fingerprint density at radius 3 is 2.55 bits per heavy atom. The number of pyridine rings is 1. The first kappa shape index (κ1) is 25.2. The van der Waals surface area contributed by atoms with Crippen molar-refractivity contribution < 1.29 is 26.8 Å². The van der Waals surface area contributed by atoms with Crippen LogP contribution in [-0.2, 0) is 30.0 Å². The Morgan fingerprint density at radius 1 is 1.08 bits per heavy atom. The van der Waals surface area contributed by atoms with E-state index in [1.165, 1.54) is 18.5 Å². The normalized spacial score (nSPS) is 13.7. The van der Waals surface area contributed by atoms with Crippen LogP contribution in [0.4, 0.5) is 20.3 Å². The van der Waals surface area contributed by atoms with E-state index < -0.39 is 38.4 Å². The van der Waals surface area contributed by atoms with Crippen LogP contribution in [0, 0.1) is 11.6 Å². The number of nitrogens with one attached hydrogen (secondary N) is 3. The summed E-state index contributed by atoms with van der Waals surface area (Å²) >= 11 is 0. The Kier molecular flexibility index (Phi) is 6.50. The lowest BCUT2D eigenvalue weighted by atomic mass is 10.1. The molecular formula is C24H21F2N7O4S. The molecule has 3 aromatic heterocycles. The molecule has 3 N–H and O–H groups in total. The second kappa shape index (κ2) is 9.79. The predicted molar refractivity (Wildman–Crippen MR) is 132 cm³/mol. The molecule has 14 heteroatoms. The molecule has 0 fully saturated rings. The third-order valence-corrected chi connectivity index (χ3v) is 7.92. The van der Waals surface area contributed by atoms with Crippen LogP contribution < -0.4 is 10.6 Å². The van der Waals surface area contributed by atoms with Gasteiger partial charge in [-0.25, -0.2) is 17.2 Å². The second-order valence-corrected chi connectivity index (χ2v) is 10.5. The van der Waals surface area contributed by atoms with Gasteiger partial charge in [-0.3, -0.25) is 19.7 Å². The van der Waals surface area contributed by atoms with Gasteiger partial charge < -0.3 is 15.2 Å². The van der Waals surface area contributed by atoms with Crippen molar-refractivity contribution in [2.45, 2.75) is 17.9 Å². The third kappa shape index (κ3) is 4.78. The van der Waals surface area contributed by atoms with Gasteiger partial charge in [0.1, 0.15) is 17.3 Å². The summed E-state index contributed by atoms with van der Waals surface area (Å²) in [6.45, 7) is -0.141. The van der Waals surface area contributed by atoms with Crippen LogP contribution in [0.1, 0.15) is 32.1 Å². The van der Waals surface area contributed by atoms with Crippen molar-refractivity contribution in [2.24, 2.45) is 7.05 Å². The highest BCUT2D eigenvalue weighted by atomic mass is 32.2. The van der Waals surface area contributed by atoms with Gasteiger partial charge in [0.05, 0.1) is 22.3 Å². The summed E-state index contributed by atoms with van der Waals surface area (Å²) in [5.41, 5.74) is 1.67. The van der Waals surface area contributed by atoms with Gasteiger partial charge in [0.2, 0.25) is 10.0 Å². The number of fused-ring (bicyclic) bond motifs is 1. The summed E-state index contributed by atoms with van der Waals surface area (Å²) in [4.78, 5) is 29.3. The monoisotopic (exact) mass is 541 g/mol. The van der Waals surface area contributed by atoms with Crippen molar-refractivity contribution in [2.75, 3.05) is 17.2 Å². The molecule has 0 bridgehead atoms. The summed E-state index contributed by atoms with van der Waals surface area (Å²) < 4.78 is 56.2. The Labute approximate surface area is 215 Å². The number of aromatic amines is 1. The first-order chi connectivity index (χ1) is 18.1. The SMILES string of the molecule is Cn1cccc1C(=O)Nc1cnccc1C(=O)Nc1n[nH]c2c1CN(S(=O)(=O)c1cc(F)cc(F)c1)CC2. The van der Waals surface area contributed by atoms with Crippen molar-refractivity contribution in [3.05, 3.63) is 89.1 Å². The highest BCUT2D eigenvalue weighted by Crippen LogP contribution is 2.29. The molecule has 1 aromatic carbocycles. The zero-order chi connectivity index (χ0) is 27.0. The average molecular weight is 542 g/mol. The van der Waals surface area contributed by atoms with E-state index >= 15 is 0 Å². The van der Waals surface area contributed by atoms with Crippen LogP contribution in [0.25, 0.3) is 0 Å². The largest absolute Gasteiger partial charge is 0.347 e. The van der Waals surface area contributed by atoms with Gasteiger partial charge in [0.15, 0.2) is 5.82 Å². The number of aromatic nitrogens is 4. The number of sulfonamides is 1. The number of nitrogens with zero attached hydrogens (tertiary/aromatic N) is 4. The molecule has 0 saturated heterocycles. The summed E-state index contributed by atoms with van der Waals surface area (Å²) in [6.07, 6.45) is 4.67. The molecule has 0 radical (unpaired) electrons. The van der Waals surface area contributed by atoms with Crippen LogP contribution in [-0.4, -0.2) is 50.8 Å². The van der Waals surface area contributed by atoms with Gasteiger partial charge >= 0.3 is 0 Å². The molecule has 1 aliphatic rings. The van der Waals surface area contributed by atoms with Crippen molar-refractivity contribution in [1.82, 2.24) is 24.1 Å². The van der Waals surface area contributed by atoms with Crippen molar-refractivity contribution in [1.29, 1.82) is 0 Å². The summed E-state index contributed by atoms with van der Waals surface area (Å²) in [5.74, 6) is -2.98. The first-order valence-corrected chi connectivity index (χ1v) is 12.8. The standard InChI is InChI=1S/C24H21F2N7O4S/c1-32-7-2-3-21(32)24(35)28-20-12-27-6-4-17(20)23(34)29-22-18-13-33(8-5-19(18)30-31-22)38(36,37)16-10-14(25)9-15(26)11-16/h2-4,6-7,9-12H,5,8,13H2,1H3,(H,28,35)(H2,29,30,31,34). The number of hydrogen-bond acceptors (Lipinski definition) is 6. The van der Waals surface area contributed by atoms with E-state index in [0.717, 1.165) is 16.4 Å². The minimum absolute atomic E-state index is 0.0444. The second-order valence-electron chi connectivity index (χ2n) is 8.56. The van der Waals surface area contributed by atoms with Crippen LogP contribution in [0.3, 0.4) is 0 Å². The van der Waals surface area contributed by atoms with Crippen LogP contribution in [0.15, 0.2) is 59.9 Å². The quantitative estimate of drug-likeness (QED) is 0.343. The van der Waals surface area contributed by atoms with Crippen molar-refractivity contribution >= 4 is 33.3 Å². The van der Waals surface area contributed by atoms with Gasteiger partial charge in [-0.2, -0.15) is 9.40 Å². The summed E-state index contributed by atoms with van der Waals surface area (Å²) in [5, 5.41) is 12.2. The zero-order valence-corrected chi connectivity index (χ0v) is 20.7. The molecule has 0 saturated carbocycles. The molecule has 38 heavy (non-hydrogen) atoms. The maximum Gasteiger partial charge on any atom is 0.272 e. The highest BCUT2D eigenvalue weighted by Gasteiger charge is 2.32. The van der Waals surface area contributed by atoms with Crippen molar-refractivity contribution in [3.63, 3.8) is 0 Å². The molecule has 0 aliphatic carbocycles. The third-order valence-electron chi connectivity index (χ3n) is 6.09. The van der Waals surface area contributed by atoms with E-state index in [2.05, 4.69) is 25.8 Å². The Bertz CT molecular complexity index is 1650. The Morgan fingerprint density at radius 2 is 1.84 bits per heavy atom. The van der Waals surface area contributed by atoms with E-state index in [1.54, 1.807) is 29.9 Å². The molecule has 5 rings (SSSR count). The van der Waals surface area contributed by atoms with Crippen molar-refractivity contribution in [3.8, 4) is 0 Å². The molecule has 4 aromatic rings. The van der Waals surface area contributed by atoms with E-state index in [-0.39, 0.29) is 36.6 Å². The predicted octanol–water partition coefficient (Wildman–Crippen LogP) is 2.67. The molecule has 2 amide bonds. The molecule has 11 nitrogen and oxygen atoms in total. The van der Waals surface area contributed by atoms with E-state index in [4.69, 9.17) is 0 Å². The first-order valence-electron chi connectivity index (χ1n) is 11.3. The summed E-state index contributed by atoms with van der Waals surface area (Å²) in [7, 11) is -2.52. The summed E-state index contributed by atoms with van der Waals surface area (Å²) in [6, 6.07) is 6.85. The number of rotatable bonds is 6. The number of amides is 2. The van der Waals surface area contributed by atoms with Crippen LogP contribution in [0.2, 0.25) is 0 Å². The van der Waals surface area contributed by atoms with Gasteiger partial charge in [0, 0.05) is 56.3 Å². The van der Waals surface area contributed by atoms with Gasteiger partial charge in [0.25, 0.3) is 11.8 Å². The fourth-order valence-corrected chi connectivity index (χ4v) is 5.61. The maximum absolute atomic E-state index is 13.7. The number of anilines is 2. The molecule has 196 valence electrons. The molecule has 0 unspecified atom stereocenters. The topological polar surface area (TPSA) is 142 Å². The van der Waals surface area contributed by atoms with Crippen LogP contribution in [0.5, 0.6) is 0 Å². The molecule has 0 atom stereocenters. The fourth-order valence-electron chi connectivity index (χ4n) is 4.16. The molecular weight excluding hydrogens is 520 g/mol. The minimum atomic E-state index is -4.23. The van der Waals surface area contributed by atoms with Gasteiger partial charge in [-0.1, -0.05) is 0 Å². The molecule has 0 spiro atoms. The molecule has 4 heterocycles. The Hall–Kier alpha value is -4.43. The number of hydrogen-bond donors (Lipinski definition) is 3. The maximum atomic E-state index is 13.7. The lowest BCUT2D eigenvalue weighted by Gasteiger charge is -2.26. The Balaban J connectivity index is 1.37. The molecule has 1 aliphatic heterocycles. The lowest BCUT2D eigenvalue weighted by molar-refractivity contribution is 0.101. The number of halogens is 2. The van der Waals surface area contributed by atoms with Crippen LogP contribution >= 0.6 is 0 Å². The van der Waals surface area contributed by atoms with E-state index in [9.17, 15) is 26.8 Å². The van der Waals surface area contributed by atoms with Gasteiger partial charge in [-0.15, -0.1) is 0 Å². The smallest absolute Gasteiger partial charge is 0.272 e. The number of carbonyl (C=O) groups excluding carboxylic acids is 2. The minimum Gasteiger partial charge on any atom is -0.347 e. The van der Waals surface area contributed by atoms with E-state index in [1.807, 2.05) is 0 Å². The van der Waals surface area contributed by atoms with Gasteiger partial charge in [-0.05, 0) is 30.3 Å². The number of carbonyl (C=O) groups is 2. The number of aryl methyl sites for hydroxylation is 1. The fraction of sp³-hybridized carbons (Fsp3) is 0.167. The highest BCUT2D eigenvalue weighted by molar-refractivity contribution is 7.89. The zero-order valence-electron chi connectivity index (χ0n) is 19.9. The van der Waals surface area contributed by atoms with E-state index in [0.29, 0.717) is 23.0 Å². The number of benzene rings is 1. The lowest BCUT2D eigenvalue weighted by Crippen LogP contribution is -2.36.